The number of nitro benzene ring substituents is 1. The Bertz CT molecular complexity index is 551. The van der Waals surface area contributed by atoms with E-state index in [4.69, 9.17) is 5.73 Å². The third-order valence-corrected chi connectivity index (χ3v) is 3.92. The fourth-order valence-electron chi connectivity index (χ4n) is 2.77. The first-order valence-electron chi connectivity index (χ1n) is 7.04. The van der Waals surface area contributed by atoms with Gasteiger partial charge in [-0.1, -0.05) is 12.5 Å². The molecule has 1 aromatic rings. The van der Waals surface area contributed by atoms with Gasteiger partial charge in [-0.15, -0.1) is 0 Å². The van der Waals surface area contributed by atoms with Gasteiger partial charge in [0.15, 0.2) is 0 Å². The van der Waals surface area contributed by atoms with E-state index in [-0.39, 0.29) is 29.0 Å². The van der Waals surface area contributed by atoms with Crippen molar-refractivity contribution >= 4 is 17.3 Å². The predicted molar refractivity (Wildman–Crippen MR) is 79.6 cm³/mol. The van der Waals surface area contributed by atoms with Gasteiger partial charge in [-0.3, -0.25) is 20.3 Å². The maximum absolute atomic E-state index is 12.4. The number of rotatable bonds is 3. The van der Waals surface area contributed by atoms with Crippen molar-refractivity contribution in [3.8, 4) is 0 Å². The number of benzene rings is 1. The van der Waals surface area contributed by atoms with Crippen LogP contribution in [0.2, 0.25) is 0 Å². The molecule has 0 spiro atoms. The quantitative estimate of drug-likeness (QED) is 0.504. The Kier molecular flexibility index (Phi) is 4.42. The Morgan fingerprint density at radius 2 is 2.00 bits per heavy atom. The van der Waals surface area contributed by atoms with Gasteiger partial charge >= 0.3 is 5.69 Å². The minimum atomic E-state index is -0.618. The minimum absolute atomic E-state index is 0.00705. The lowest BCUT2D eigenvalue weighted by molar-refractivity contribution is -0.384. The van der Waals surface area contributed by atoms with Crippen molar-refractivity contribution in [2.24, 2.45) is 0 Å². The number of nitro groups is 1. The Hall–Kier alpha value is -2.15. The summed E-state index contributed by atoms with van der Waals surface area (Å²) in [4.78, 5) is 22.9. The number of nitrogens with zero attached hydrogens (tertiary/aromatic N) is 2. The van der Waals surface area contributed by atoms with E-state index in [0.717, 1.165) is 19.3 Å². The number of nitrogen functional groups attached to an aromatic ring is 1. The van der Waals surface area contributed by atoms with Gasteiger partial charge in [0.2, 0.25) is 0 Å². The first-order valence-corrected chi connectivity index (χ1v) is 7.04. The number of nitrogens with two attached hydrogens (primary N) is 1. The normalized spacial score (nSPS) is 22.8. The summed E-state index contributed by atoms with van der Waals surface area (Å²) in [7, 11) is 0. The number of hydrogen-bond donors (Lipinski definition) is 2. The minimum Gasteiger partial charge on any atom is -0.393 e. The first kappa shape index (κ1) is 15.2. The molecule has 0 bridgehead atoms. The molecule has 1 saturated heterocycles. The van der Waals surface area contributed by atoms with E-state index in [9.17, 15) is 14.9 Å². The summed E-state index contributed by atoms with van der Waals surface area (Å²) < 4.78 is 0. The molecule has 21 heavy (non-hydrogen) atoms. The summed E-state index contributed by atoms with van der Waals surface area (Å²) in [5.41, 5.74) is 8.05. The highest BCUT2D eigenvalue weighted by Crippen LogP contribution is 2.27. The molecule has 2 atom stereocenters. The molecule has 0 aliphatic carbocycles. The smallest absolute Gasteiger partial charge is 0.304 e. The largest absolute Gasteiger partial charge is 0.393 e. The van der Waals surface area contributed by atoms with E-state index in [2.05, 4.69) is 5.43 Å². The molecule has 1 fully saturated rings. The van der Waals surface area contributed by atoms with E-state index in [1.807, 2.05) is 18.9 Å². The van der Waals surface area contributed by atoms with Gasteiger partial charge in [-0.2, -0.15) is 0 Å². The summed E-state index contributed by atoms with van der Waals surface area (Å²) in [6, 6.07) is 4.79. The number of anilines is 1. The second-order valence-electron chi connectivity index (χ2n) is 5.48. The van der Waals surface area contributed by atoms with Gasteiger partial charge in [-0.25, -0.2) is 5.01 Å². The number of amides is 1. The van der Waals surface area contributed by atoms with Gasteiger partial charge in [0, 0.05) is 12.1 Å². The van der Waals surface area contributed by atoms with E-state index in [1.165, 1.54) is 12.1 Å². The molecule has 1 aromatic carbocycles. The molecule has 3 N–H and O–H groups in total. The lowest BCUT2D eigenvalue weighted by atomic mass is 10.00. The zero-order valence-corrected chi connectivity index (χ0v) is 12.2. The Morgan fingerprint density at radius 3 is 2.57 bits per heavy atom. The van der Waals surface area contributed by atoms with E-state index >= 15 is 0 Å². The fourth-order valence-corrected chi connectivity index (χ4v) is 2.77. The summed E-state index contributed by atoms with van der Waals surface area (Å²) in [5.74, 6) is -0.491. The van der Waals surface area contributed by atoms with Crippen LogP contribution in [0.4, 0.5) is 11.4 Å². The van der Waals surface area contributed by atoms with Gasteiger partial charge in [0.25, 0.3) is 5.91 Å². The molecule has 0 aromatic heterocycles. The van der Waals surface area contributed by atoms with Crippen LogP contribution in [0, 0.1) is 10.1 Å². The maximum Gasteiger partial charge on any atom is 0.304 e. The predicted octanol–water partition coefficient (Wildman–Crippen LogP) is 2.08. The molecule has 2 unspecified atom stereocenters. The molecule has 2 rings (SSSR count). The van der Waals surface area contributed by atoms with Crippen molar-refractivity contribution < 1.29 is 9.72 Å². The first-order chi connectivity index (χ1) is 9.91. The van der Waals surface area contributed by atoms with Crippen LogP contribution in [0.1, 0.15) is 43.5 Å². The zero-order chi connectivity index (χ0) is 15.6. The SMILES string of the molecule is CC1CCCC(C)N1NC(=O)c1cccc(N)c1[N+](=O)[O-]. The van der Waals surface area contributed by atoms with Crippen molar-refractivity contribution in [1.29, 1.82) is 0 Å². The molecule has 0 saturated carbocycles. The highest BCUT2D eigenvalue weighted by molar-refractivity contribution is 5.99. The topological polar surface area (TPSA) is 102 Å². The van der Waals surface area contributed by atoms with Crippen molar-refractivity contribution in [3.63, 3.8) is 0 Å². The average molecular weight is 292 g/mol. The Balaban J connectivity index is 2.25. The Labute approximate surface area is 123 Å². The second kappa shape index (κ2) is 6.09. The number of carbonyl (C=O) groups is 1. The summed E-state index contributed by atoms with van der Waals surface area (Å²) in [5, 5.41) is 13.0. The third kappa shape index (κ3) is 3.13. The molecular formula is C14H20N4O3. The third-order valence-electron chi connectivity index (χ3n) is 3.92. The van der Waals surface area contributed by atoms with Gasteiger partial charge in [0.05, 0.1) is 4.92 Å². The van der Waals surface area contributed by atoms with E-state index in [0.29, 0.717) is 0 Å². The van der Waals surface area contributed by atoms with Crippen LogP contribution >= 0.6 is 0 Å². The van der Waals surface area contributed by atoms with Crippen molar-refractivity contribution in [1.82, 2.24) is 10.4 Å². The lowest BCUT2D eigenvalue weighted by Gasteiger charge is -2.38. The van der Waals surface area contributed by atoms with Gasteiger partial charge < -0.3 is 5.73 Å². The molecule has 1 heterocycles. The maximum atomic E-state index is 12.4. The van der Waals surface area contributed by atoms with Crippen LogP contribution in [-0.2, 0) is 0 Å². The van der Waals surface area contributed by atoms with Crippen molar-refractivity contribution in [2.45, 2.75) is 45.2 Å². The molecule has 7 nitrogen and oxygen atoms in total. The van der Waals surface area contributed by atoms with Crippen LogP contribution in [-0.4, -0.2) is 27.9 Å². The van der Waals surface area contributed by atoms with Gasteiger partial charge in [-0.05, 0) is 38.8 Å². The highest BCUT2D eigenvalue weighted by atomic mass is 16.6. The monoisotopic (exact) mass is 292 g/mol. The molecule has 0 radical (unpaired) electrons. The van der Waals surface area contributed by atoms with Crippen LogP contribution < -0.4 is 11.2 Å². The number of carbonyl (C=O) groups excluding carboxylic acids is 1. The number of piperidine rings is 1. The van der Waals surface area contributed by atoms with Crippen LogP contribution in [0.3, 0.4) is 0 Å². The lowest BCUT2D eigenvalue weighted by Crippen LogP contribution is -2.54. The van der Waals surface area contributed by atoms with Crippen LogP contribution in [0.5, 0.6) is 0 Å². The molecule has 1 aliphatic heterocycles. The molecular weight excluding hydrogens is 272 g/mol. The summed E-state index contributed by atoms with van der Waals surface area (Å²) in [6.45, 7) is 4.06. The van der Waals surface area contributed by atoms with Crippen molar-refractivity contribution in [2.75, 3.05) is 5.73 Å². The van der Waals surface area contributed by atoms with E-state index < -0.39 is 10.8 Å². The molecule has 114 valence electrons. The van der Waals surface area contributed by atoms with Crippen LogP contribution in [0.15, 0.2) is 18.2 Å². The number of para-hydroxylation sites is 1. The molecule has 1 amide bonds. The standard InChI is InChI=1S/C14H20N4O3/c1-9-5-3-6-10(2)17(9)16-14(19)11-7-4-8-12(15)13(11)18(20)21/h4,7-10H,3,5-6,15H2,1-2H3,(H,16,19). The summed E-state index contributed by atoms with van der Waals surface area (Å²) in [6.07, 6.45) is 3.10. The zero-order valence-electron chi connectivity index (χ0n) is 12.2. The Morgan fingerprint density at radius 1 is 1.38 bits per heavy atom. The molecule has 7 heteroatoms. The second-order valence-corrected chi connectivity index (χ2v) is 5.48. The summed E-state index contributed by atoms with van der Waals surface area (Å²) >= 11 is 0. The fraction of sp³-hybridized carbons (Fsp3) is 0.500. The molecule has 1 aliphatic rings. The van der Waals surface area contributed by atoms with E-state index in [1.54, 1.807) is 6.07 Å². The highest BCUT2D eigenvalue weighted by Gasteiger charge is 2.29. The van der Waals surface area contributed by atoms with Gasteiger partial charge in [0.1, 0.15) is 11.3 Å². The average Bonchev–Trinajstić information content (AvgIpc) is 2.42. The number of hydrazine groups is 1. The van der Waals surface area contributed by atoms with Crippen molar-refractivity contribution in [3.05, 3.63) is 33.9 Å². The number of hydrogen-bond acceptors (Lipinski definition) is 5. The van der Waals surface area contributed by atoms with Crippen LogP contribution in [0.25, 0.3) is 0 Å². The number of nitrogens with one attached hydrogen (secondary N) is 1.